The maximum absolute atomic E-state index is 12.7. The molecule has 0 aliphatic carbocycles. The summed E-state index contributed by atoms with van der Waals surface area (Å²) in [4.78, 5) is 21.6. The highest BCUT2D eigenvalue weighted by molar-refractivity contribution is 7.98. The second-order valence-corrected chi connectivity index (χ2v) is 8.47. The first kappa shape index (κ1) is 20.6. The fourth-order valence-corrected chi connectivity index (χ4v) is 4.12. The van der Waals surface area contributed by atoms with Gasteiger partial charge in [0, 0.05) is 49.7 Å². The zero-order valence-corrected chi connectivity index (χ0v) is 17.9. The van der Waals surface area contributed by atoms with Crippen molar-refractivity contribution in [1.82, 2.24) is 25.0 Å². The normalized spacial score (nSPS) is 15.2. The van der Waals surface area contributed by atoms with E-state index in [4.69, 9.17) is 0 Å². The third-order valence-corrected chi connectivity index (χ3v) is 6.12. The van der Waals surface area contributed by atoms with Crippen molar-refractivity contribution in [3.05, 3.63) is 71.5 Å². The van der Waals surface area contributed by atoms with Gasteiger partial charge in [-0.15, -0.1) is 0 Å². The zero-order valence-electron chi connectivity index (χ0n) is 17.0. The average molecular weight is 423 g/mol. The number of hydrogen-bond acceptors (Lipinski definition) is 6. The van der Waals surface area contributed by atoms with E-state index in [1.807, 2.05) is 36.4 Å². The number of carbonyl (C=O) groups excluding carboxylic acids is 1. The molecule has 1 aliphatic heterocycles. The molecule has 8 heteroatoms. The molecule has 1 aromatic heterocycles. The lowest BCUT2D eigenvalue weighted by molar-refractivity contribution is 0.102. The van der Waals surface area contributed by atoms with Gasteiger partial charge in [0.05, 0.1) is 0 Å². The van der Waals surface area contributed by atoms with Gasteiger partial charge >= 0.3 is 0 Å². The van der Waals surface area contributed by atoms with E-state index >= 15 is 0 Å². The summed E-state index contributed by atoms with van der Waals surface area (Å²) in [5, 5.41) is 10.5. The lowest BCUT2D eigenvalue weighted by atomic mass is 10.1. The number of amides is 1. The Kier molecular flexibility index (Phi) is 6.78. The van der Waals surface area contributed by atoms with E-state index in [-0.39, 0.29) is 5.91 Å². The zero-order chi connectivity index (χ0) is 20.8. The van der Waals surface area contributed by atoms with Crippen LogP contribution in [-0.4, -0.2) is 64.1 Å². The smallest absolute Gasteiger partial charge is 0.255 e. The van der Waals surface area contributed by atoms with Gasteiger partial charge in [0.15, 0.2) is 5.16 Å². The summed E-state index contributed by atoms with van der Waals surface area (Å²) in [7, 11) is 2.16. The van der Waals surface area contributed by atoms with Gasteiger partial charge in [0.1, 0.15) is 6.33 Å². The number of thioether (sulfide) groups is 1. The molecule has 0 unspecified atom stereocenters. The predicted octanol–water partition coefficient (Wildman–Crippen LogP) is 3.10. The fourth-order valence-electron chi connectivity index (χ4n) is 3.38. The number of rotatable bonds is 7. The van der Waals surface area contributed by atoms with Crippen LogP contribution in [0.3, 0.4) is 0 Å². The number of carbonyl (C=O) groups is 1. The van der Waals surface area contributed by atoms with E-state index in [1.165, 1.54) is 11.9 Å². The topological polar surface area (TPSA) is 77.2 Å². The van der Waals surface area contributed by atoms with Crippen molar-refractivity contribution in [3.63, 3.8) is 0 Å². The Morgan fingerprint density at radius 3 is 2.63 bits per heavy atom. The van der Waals surface area contributed by atoms with Gasteiger partial charge in [0.2, 0.25) is 0 Å². The SMILES string of the molecule is CN1CCN(Cc2cccc(NC(=O)c3ccc(CSc4ncn[nH]4)cc3)c2)CC1. The molecule has 3 aromatic rings. The van der Waals surface area contributed by atoms with E-state index < -0.39 is 0 Å². The van der Waals surface area contributed by atoms with Crippen molar-refractivity contribution in [2.24, 2.45) is 0 Å². The number of benzene rings is 2. The molecule has 4 rings (SSSR count). The van der Waals surface area contributed by atoms with Crippen LogP contribution in [0.4, 0.5) is 5.69 Å². The number of anilines is 1. The first-order chi connectivity index (χ1) is 14.7. The monoisotopic (exact) mass is 422 g/mol. The van der Waals surface area contributed by atoms with Gasteiger partial charge in [-0.3, -0.25) is 14.8 Å². The second-order valence-electron chi connectivity index (χ2n) is 7.51. The maximum Gasteiger partial charge on any atom is 0.255 e. The van der Waals surface area contributed by atoms with Gasteiger partial charge in [-0.25, -0.2) is 4.98 Å². The quantitative estimate of drug-likeness (QED) is 0.570. The van der Waals surface area contributed by atoms with Crippen molar-refractivity contribution in [2.75, 3.05) is 38.5 Å². The van der Waals surface area contributed by atoms with Crippen LogP contribution in [-0.2, 0) is 12.3 Å². The Hall–Kier alpha value is -2.68. The van der Waals surface area contributed by atoms with Gasteiger partial charge in [-0.1, -0.05) is 36.0 Å². The van der Waals surface area contributed by atoms with E-state index in [1.54, 1.807) is 11.8 Å². The van der Waals surface area contributed by atoms with Crippen molar-refractivity contribution in [1.29, 1.82) is 0 Å². The number of nitrogens with zero attached hydrogens (tertiary/aromatic N) is 4. The van der Waals surface area contributed by atoms with E-state index in [0.29, 0.717) is 5.56 Å². The number of piperazine rings is 1. The van der Waals surface area contributed by atoms with Crippen LogP contribution in [0.15, 0.2) is 60.0 Å². The molecule has 0 spiro atoms. The second kappa shape index (κ2) is 9.88. The van der Waals surface area contributed by atoms with E-state index in [0.717, 1.165) is 54.9 Å². The molecule has 1 amide bonds. The minimum atomic E-state index is -0.0961. The molecule has 0 atom stereocenters. The van der Waals surface area contributed by atoms with Crippen LogP contribution in [0.2, 0.25) is 0 Å². The summed E-state index contributed by atoms with van der Waals surface area (Å²) in [6.45, 7) is 5.27. The number of nitrogens with one attached hydrogen (secondary N) is 2. The van der Waals surface area contributed by atoms with Crippen LogP contribution in [0.25, 0.3) is 0 Å². The highest BCUT2D eigenvalue weighted by Crippen LogP contribution is 2.19. The van der Waals surface area contributed by atoms with Gasteiger partial charge in [-0.2, -0.15) is 5.10 Å². The summed E-state index contributed by atoms with van der Waals surface area (Å²) >= 11 is 1.58. The largest absolute Gasteiger partial charge is 0.322 e. The van der Waals surface area contributed by atoms with Crippen LogP contribution in [0.5, 0.6) is 0 Å². The minimum Gasteiger partial charge on any atom is -0.322 e. The summed E-state index contributed by atoms with van der Waals surface area (Å²) in [6, 6.07) is 15.8. The molecule has 1 aliphatic rings. The number of aromatic nitrogens is 3. The summed E-state index contributed by atoms with van der Waals surface area (Å²) in [5.74, 6) is 0.673. The van der Waals surface area contributed by atoms with Crippen molar-refractivity contribution < 1.29 is 4.79 Å². The van der Waals surface area contributed by atoms with Crippen LogP contribution in [0.1, 0.15) is 21.5 Å². The first-order valence-electron chi connectivity index (χ1n) is 10.0. The molecule has 2 N–H and O–H groups in total. The molecule has 156 valence electrons. The average Bonchev–Trinajstić information content (AvgIpc) is 3.28. The third kappa shape index (κ3) is 5.69. The predicted molar refractivity (Wildman–Crippen MR) is 120 cm³/mol. The summed E-state index contributed by atoms with van der Waals surface area (Å²) in [5.41, 5.74) is 3.82. The maximum atomic E-state index is 12.7. The first-order valence-corrected chi connectivity index (χ1v) is 11.0. The Bertz CT molecular complexity index is 952. The summed E-state index contributed by atoms with van der Waals surface area (Å²) < 4.78 is 0. The van der Waals surface area contributed by atoms with Gasteiger partial charge in [0.25, 0.3) is 5.91 Å². The van der Waals surface area contributed by atoms with Crippen LogP contribution >= 0.6 is 11.8 Å². The lowest BCUT2D eigenvalue weighted by Gasteiger charge is -2.32. The van der Waals surface area contributed by atoms with E-state index in [2.05, 4.69) is 49.5 Å². The fraction of sp³-hybridized carbons (Fsp3) is 0.318. The van der Waals surface area contributed by atoms with Crippen LogP contribution in [0, 0.1) is 0 Å². The van der Waals surface area contributed by atoms with Crippen molar-refractivity contribution >= 4 is 23.4 Å². The standard InChI is InChI=1S/C22H26N6OS/c1-27-9-11-28(12-10-27)14-18-3-2-4-20(13-18)25-21(29)19-7-5-17(6-8-19)15-30-22-23-16-24-26-22/h2-8,13,16H,9-12,14-15H2,1H3,(H,25,29)(H,23,24,26). The molecule has 2 heterocycles. The van der Waals surface area contributed by atoms with Crippen LogP contribution < -0.4 is 5.32 Å². The molecule has 1 fully saturated rings. The third-order valence-electron chi connectivity index (χ3n) is 5.17. The molecule has 0 radical (unpaired) electrons. The number of hydrogen-bond donors (Lipinski definition) is 2. The van der Waals surface area contributed by atoms with Gasteiger partial charge in [-0.05, 0) is 42.4 Å². The summed E-state index contributed by atoms with van der Waals surface area (Å²) in [6.07, 6.45) is 1.50. The Morgan fingerprint density at radius 2 is 1.90 bits per heavy atom. The van der Waals surface area contributed by atoms with E-state index in [9.17, 15) is 4.79 Å². The Balaban J connectivity index is 1.32. The lowest BCUT2D eigenvalue weighted by Crippen LogP contribution is -2.43. The molecule has 1 saturated heterocycles. The number of aromatic amines is 1. The Labute approximate surface area is 180 Å². The highest BCUT2D eigenvalue weighted by Gasteiger charge is 2.14. The molecule has 2 aromatic carbocycles. The highest BCUT2D eigenvalue weighted by atomic mass is 32.2. The molecular formula is C22H26N6OS. The van der Waals surface area contributed by atoms with Crippen molar-refractivity contribution in [3.8, 4) is 0 Å². The number of likely N-dealkylation sites (N-methyl/N-ethyl adjacent to an activating group) is 1. The van der Waals surface area contributed by atoms with Gasteiger partial charge < -0.3 is 10.2 Å². The molecule has 0 saturated carbocycles. The Morgan fingerprint density at radius 1 is 1.10 bits per heavy atom. The van der Waals surface area contributed by atoms with Crippen molar-refractivity contribution in [2.45, 2.75) is 17.5 Å². The number of H-pyrrole nitrogens is 1. The molecule has 0 bridgehead atoms. The minimum absolute atomic E-state index is 0.0961. The molecular weight excluding hydrogens is 396 g/mol. The molecule has 30 heavy (non-hydrogen) atoms. The molecule has 7 nitrogen and oxygen atoms in total.